The molecule has 3 rings (SSSR count). The Kier molecular flexibility index (Phi) is 3.48. The summed E-state index contributed by atoms with van der Waals surface area (Å²) in [6, 6.07) is 4.19. The third-order valence-corrected chi connectivity index (χ3v) is 3.82. The van der Waals surface area contributed by atoms with Crippen LogP contribution in [0.4, 0.5) is 10.1 Å². The lowest BCUT2D eigenvalue weighted by molar-refractivity contribution is -0.385. The number of hydrogen-bond donors (Lipinski definition) is 0. The van der Waals surface area contributed by atoms with Crippen LogP contribution in [0.3, 0.4) is 0 Å². The summed E-state index contributed by atoms with van der Waals surface area (Å²) in [7, 11) is 3.29. The first kappa shape index (κ1) is 15.0. The fourth-order valence-corrected chi connectivity index (χ4v) is 2.75. The number of aryl methyl sites for hydroxylation is 2. The van der Waals surface area contributed by atoms with Gasteiger partial charge in [-0.05, 0) is 19.1 Å². The standard InChI is InChI=1S/C16H14FN3O3/c1-9-6-13(17)11(7-14(9)20(21)22)12-8-19(2)15-10(12)4-5-18-16(15)23-3/h4-8H,1-3H3. The van der Waals surface area contributed by atoms with Crippen LogP contribution < -0.4 is 4.74 Å². The van der Waals surface area contributed by atoms with E-state index in [0.717, 1.165) is 5.39 Å². The van der Waals surface area contributed by atoms with Gasteiger partial charge in [-0.15, -0.1) is 0 Å². The topological polar surface area (TPSA) is 70.2 Å². The minimum absolute atomic E-state index is 0.112. The van der Waals surface area contributed by atoms with Crippen molar-refractivity contribution in [3.05, 3.63) is 52.1 Å². The Hall–Kier alpha value is -2.96. The highest BCUT2D eigenvalue weighted by Crippen LogP contribution is 2.37. The first-order chi connectivity index (χ1) is 10.9. The van der Waals surface area contributed by atoms with Crippen molar-refractivity contribution < 1.29 is 14.1 Å². The lowest BCUT2D eigenvalue weighted by atomic mass is 10.0. The zero-order valence-corrected chi connectivity index (χ0v) is 12.8. The van der Waals surface area contributed by atoms with Crippen molar-refractivity contribution in [1.29, 1.82) is 0 Å². The lowest BCUT2D eigenvalue weighted by Crippen LogP contribution is -1.95. The number of nitro benzene ring substituents is 1. The van der Waals surface area contributed by atoms with Gasteiger partial charge in [0.25, 0.3) is 5.69 Å². The normalized spacial score (nSPS) is 11.0. The molecule has 6 nitrogen and oxygen atoms in total. The molecule has 0 saturated carbocycles. The maximum atomic E-state index is 14.4. The van der Waals surface area contributed by atoms with Crippen LogP contribution in [0.1, 0.15) is 5.56 Å². The number of rotatable bonds is 3. The second kappa shape index (κ2) is 5.35. The number of nitro groups is 1. The monoisotopic (exact) mass is 315 g/mol. The van der Waals surface area contributed by atoms with Gasteiger partial charge in [-0.1, -0.05) is 0 Å². The van der Waals surface area contributed by atoms with Crippen molar-refractivity contribution in [3.63, 3.8) is 0 Å². The van der Waals surface area contributed by atoms with Gasteiger partial charge < -0.3 is 9.30 Å². The highest BCUT2D eigenvalue weighted by molar-refractivity contribution is 5.98. The summed E-state index contributed by atoms with van der Waals surface area (Å²) in [6.07, 6.45) is 3.28. The molecule has 0 bridgehead atoms. The van der Waals surface area contributed by atoms with E-state index in [2.05, 4.69) is 4.98 Å². The summed E-state index contributed by atoms with van der Waals surface area (Å²) in [5, 5.41) is 11.9. The molecule has 0 unspecified atom stereocenters. The number of methoxy groups -OCH3 is 1. The molecule has 0 amide bonds. The molecular formula is C16H14FN3O3. The van der Waals surface area contributed by atoms with E-state index < -0.39 is 10.7 Å². The van der Waals surface area contributed by atoms with Crippen molar-refractivity contribution in [1.82, 2.24) is 9.55 Å². The Balaban J connectivity index is 2.34. The van der Waals surface area contributed by atoms with Crippen molar-refractivity contribution in [2.24, 2.45) is 7.05 Å². The number of benzene rings is 1. The van der Waals surface area contributed by atoms with E-state index in [0.29, 0.717) is 17.0 Å². The number of hydrogen-bond acceptors (Lipinski definition) is 4. The molecule has 0 spiro atoms. The average Bonchev–Trinajstić information content (AvgIpc) is 2.84. The molecule has 0 aliphatic carbocycles. The Labute approximate surface area is 131 Å². The molecule has 0 saturated heterocycles. The molecule has 0 aliphatic rings. The summed E-state index contributed by atoms with van der Waals surface area (Å²) >= 11 is 0. The fraction of sp³-hybridized carbons (Fsp3) is 0.188. The largest absolute Gasteiger partial charge is 0.479 e. The third-order valence-electron chi connectivity index (χ3n) is 3.82. The van der Waals surface area contributed by atoms with Crippen LogP contribution >= 0.6 is 0 Å². The molecule has 0 radical (unpaired) electrons. The number of fused-ring (bicyclic) bond motifs is 1. The summed E-state index contributed by atoms with van der Waals surface area (Å²) in [5.41, 5.74) is 1.62. The van der Waals surface area contributed by atoms with Crippen molar-refractivity contribution in [2.45, 2.75) is 6.92 Å². The van der Waals surface area contributed by atoms with Gasteiger partial charge in [0, 0.05) is 47.6 Å². The highest BCUT2D eigenvalue weighted by atomic mass is 19.1. The maximum Gasteiger partial charge on any atom is 0.273 e. The molecule has 3 aromatic rings. The Morgan fingerprint density at radius 1 is 1.35 bits per heavy atom. The summed E-state index contributed by atoms with van der Waals surface area (Å²) < 4.78 is 21.4. The van der Waals surface area contributed by atoms with Gasteiger partial charge in [0.2, 0.25) is 5.88 Å². The second-order valence-electron chi connectivity index (χ2n) is 5.25. The maximum absolute atomic E-state index is 14.4. The molecule has 2 heterocycles. The van der Waals surface area contributed by atoms with E-state index >= 15 is 0 Å². The van der Waals surface area contributed by atoms with Crippen LogP contribution in [-0.2, 0) is 7.05 Å². The molecule has 1 aromatic carbocycles. The molecule has 0 N–H and O–H groups in total. The smallest absolute Gasteiger partial charge is 0.273 e. The molecule has 7 heteroatoms. The number of ether oxygens (including phenoxy) is 1. The molecule has 118 valence electrons. The number of pyridine rings is 1. The zero-order chi connectivity index (χ0) is 16.7. The Bertz CT molecular complexity index is 934. The van der Waals surface area contributed by atoms with Gasteiger partial charge in [-0.2, -0.15) is 0 Å². The van der Waals surface area contributed by atoms with E-state index in [9.17, 15) is 14.5 Å². The van der Waals surface area contributed by atoms with Gasteiger partial charge in [-0.3, -0.25) is 10.1 Å². The molecular weight excluding hydrogens is 301 g/mol. The minimum Gasteiger partial charge on any atom is -0.479 e. The Morgan fingerprint density at radius 2 is 2.09 bits per heavy atom. The van der Waals surface area contributed by atoms with Crippen molar-refractivity contribution in [2.75, 3.05) is 7.11 Å². The van der Waals surface area contributed by atoms with Gasteiger partial charge in [0.15, 0.2) is 0 Å². The van der Waals surface area contributed by atoms with Gasteiger partial charge >= 0.3 is 0 Å². The molecule has 2 aromatic heterocycles. The predicted octanol–water partition coefficient (Wildman–Crippen LogP) is 3.60. The first-order valence-electron chi connectivity index (χ1n) is 6.87. The summed E-state index contributed by atoms with van der Waals surface area (Å²) in [5.74, 6) is -0.0883. The highest BCUT2D eigenvalue weighted by Gasteiger charge is 2.20. The zero-order valence-electron chi connectivity index (χ0n) is 12.8. The van der Waals surface area contributed by atoms with E-state index in [4.69, 9.17) is 4.74 Å². The van der Waals surface area contributed by atoms with Crippen molar-refractivity contribution >= 4 is 16.6 Å². The van der Waals surface area contributed by atoms with E-state index in [1.54, 1.807) is 30.1 Å². The number of nitrogens with zero attached hydrogens (tertiary/aromatic N) is 3. The van der Waals surface area contributed by atoms with E-state index in [1.807, 2.05) is 0 Å². The van der Waals surface area contributed by atoms with Crippen LogP contribution in [0.25, 0.3) is 22.0 Å². The van der Waals surface area contributed by atoms with Gasteiger partial charge in [-0.25, -0.2) is 9.37 Å². The van der Waals surface area contributed by atoms with Gasteiger partial charge in [0.1, 0.15) is 11.3 Å². The van der Waals surface area contributed by atoms with Crippen LogP contribution in [0.15, 0.2) is 30.6 Å². The quantitative estimate of drug-likeness (QED) is 0.547. The first-order valence-corrected chi connectivity index (χ1v) is 6.87. The lowest BCUT2D eigenvalue weighted by Gasteiger charge is -2.05. The van der Waals surface area contributed by atoms with Crippen LogP contribution in [0.2, 0.25) is 0 Å². The van der Waals surface area contributed by atoms with Crippen LogP contribution in [0, 0.1) is 22.9 Å². The number of halogens is 1. The second-order valence-corrected chi connectivity index (χ2v) is 5.25. The minimum atomic E-state index is -0.508. The number of aromatic nitrogens is 2. The fourth-order valence-electron chi connectivity index (χ4n) is 2.75. The molecule has 0 fully saturated rings. The Morgan fingerprint density at radius 3 is 2.74 bits per heavy atom. The third kappa shape index (κ3) is 2.30. The molecule has 23 heavy (non-hydrogen) atoms. The molecule has 0 aliphatic heterocycles. The predicted molar refractivity (Wildman–Crippen MR) is 84.1 cm³/mol. The van der Waals surface area contributed by atoms with E-state index in [1.165, 1.54) is 26.2 Å². The average molecular weight is 315 g/mol. The van der Waals surface area contributed by atoms with Gasteiger partial charge in [0.05, 0.1) is 12.0 Å². The molecule has 0 atom stereocenters. The SMILES string of the molecule is COc1nccc2c(-c3cc([N+](=O)[O-])c(C)cc3F)cn(C)c12. The van der Waals surface area contributed by atoms with Crippen LogP contribution in [-0.4, -0.2) is 21.6 Å². The van der Waals surface area contributed by atoms with Crippen molar-refractivity contribution in [3.8, 4) is 17.0 Å². The van der Waals surface area contributed by atoms with Crippen LogP contribution in [0.5, 0.6) is 5.88 Å². The van der Waals surface area contributed by atoms with E-state index in [-0.39, 0.29) is 16.8 Å². The summed E-state index contributed by atoms with van der Waals surface area (Å²) in [4.78, 5) is 14.8. The summed E-state index contributed by atoms with van der Waals surface area (Å²) in [6.45, 7) is 1.51.